The van der Waals surface area contributed by atoms with E-state index in [1.807, 2.05) is 36.4 Å². The molecule has 6 nitrogen and oxygen atoms in total. The van der Waals surface area contributed by atoms with E-state index in [1.165, 1.54) is 77.0 Å². The van der Waals surface area contributed by atoms with Crippen LogP contribution < -0.4 is 24.4 Å². The highest BCUT2D eigenvalue weighted by Crippen LogP contribution is 2.37. The van der Waals surface area contributed by atoms with Crippen LogP contribution in [0, 0.1) is 0 Å². The molecule has 0 amide bonds. The molecule has 226 valence electrons. The van der Waals surface area contributed by atoms with Gasteiger partial charge in [0.2, 0.25) is 5.43 Å². The molecule has 0 unspecified atom stereocenters. The van der Waals surface area contributed by atoms with E-state index in [4.69, 9.17) is 18.9 Å². The van der Waals surface area contributed by atoms with E-state index in [0.717, 1.165) is 41.9 Å². The number of methoxy groups -OCH3 is 4. The summed E-state index contributed by atoms with van der Waals surface area (Å²) < 4.78 is 24.5. The molecule has 41 heavy (non-hydrogen) atoms. The second kappa shape index (κ2) is 17.6. The lowest BCUT2D eigenvalue weighted by molar-refractivity contribution is 0.355. The van der Waals surface area contributed by atoms with E-state index in [-0.39, 0.29) is 5.43 Å². The maximum atomic E-state index is 13.5. The fourth-order valence-electron chi connectivity index (χ4n) is 5.68. The van der Waals surface area contributed by atoms with Crippen LogP contribution >= 0.6 is 0 Å². The summed E-state index contributed by atoms with van der Waals surface area (Å²) in [5.41, 5.74) is 2.29. The SMILES string of the molecule is CCCCCCCCCCCCCCCCn1c(-c2ccc(OC)c(OC)c2)c(OC)c(=O)c2ccc(OC)cc21. The van der Waals surface area contributed by atoms with Crippen molar-refractivity contribution in [1.82, 2.24) is 4.57 Å². The van der Waals surface area contributed by atoms with Gasteiger partial charge < -0.3 is 23.5 Å². The maximum Gasteiger partial charge on any atom is 0.231 e. The maximum absolute atomic E-state index is 13.5. The summed E-state index contributed by atoms with van der Waals surface area (Å²) in [6.45, 7) is 3.04. The van der Waals surface area contributed by atoms with Gasteiger partial charge in [0.05, 0.1) is 39.6 Å². The van der Waals surface area contributed by atoms with Gasteiger partial charge in [-0.2, -0.15) is 0 Å². The molecule has 0 fully saturated rings. The lowest BCUT2D eigenvalue weighted by Gasteiger charge is -2.21. The number of ether oxygens (including phenoxy) is 4. The Morgan fingerprint density at radius 3 is 1.73 bits per heavy atom. The van der Waals surface area contributed by atoms with Crippen molar-refractivity contribution in [3.8, 4) is 34.3 Å². The van der Waals surface area contributed by atoms with Crippen molar-refractivity contribution in [3.63, 3.8) is 0 Å². The Labute approximate surface area is 247 Å². The minimum Gasteiger partial charge on any atom is -0.497 e. The molecule has 3 rings (SSSR count). The molecule has 1 aromatic heterocycles. The van der Waals surface area contributed by atoms with Gasteiger partial charge in [-0.1, -0.05) is 90.4 Å². The van der Waals surface area contributed by atoms with Gasteiger partial charge >= 0.3 is 0 Å². The molecule has 0 N–H and O–H groups in total. The minimum atomic E-state index is -0.132. The first-order valence-corrected chi connectivity index (χ1v) is 15.6. The molecule has 0 aliphatic heterocycles. The molecule has 0 bridgehead atoms. The standard InChI is InChI=1S/C35H51NO5/c1-6-7-8-9-10-11-12-13-14-15-16-17-18-19-24-36-30-26-28(38-2)21-22-29(30)34(37)35(41-5)33(36)27-20-23-31(39-3)32(25-27)40-4/h20-23,25-26H,6-19,24H2,1-5H3. The Morgan fingerprint density at radius 2 is 1.20 bits per heavy atom. The Kier molecular flexibility index (Phi) is 13.9. The average molecular weight is 566 g/mol. The highest BCUT2D eigenvalue weighted by atomic mass is 16.5. The number of unbranched alkanes of at least 4 members (excludes halogenated alkanes) is 13. The molecule has 1 heterocycles. The molecule has 0 spiro atoms. The van der Waals surface area contributed by atoms with E-state index in [9.17, 15) is 4.79 Å². The Balaban J connectivity index is 1.70. The first kappa shape index (κ1) is 32.4. The number of pyridine rings is 1. The number of hydrogen-bond donors (Lipinski definition) is 0. The van der Waals surface area contributed by atoms with Crippen molar-refractivity contribution in [2.45, 2.75) is 103 Å². The third-order valence-electron chi connectivity index (χ3n) is 8.03. The van der Waals surface area contributed by atoms with Crippen LogP contribution in [0.5, 0.6) is 23.0 Å². The average Bonchev–Trinajstić information content (AvgIpc) is 3.01. The quantitative estimate of drug-likeness (QED) is 0.128. The van der Waals surface area contributed by atoms with Gasteiger partial charge in [-0.15, -0.1) is 0 Å². The van der Waals surface area contributed by atoms with Crippen LogP contribution in [0.3, 0.4) is 0 Å². The van der Waals surface area contributed by atoms with Gasteiger partial charge in [0.15, 0.2) is 17.2 Å². The summed E-state index contributed by atoms with van der Waals surface area (Å²) in [6.07, 6.45) is 18.4. The van der Waals surface area contributed by atoms with Crippen molar-refractivity contribution in [3.05, 3.63) is 46.6 Å². The zero-order chi connectivity index (χ0) is 29.5. The van der Waals surface area contributed by atoms with E-state index >= 15 is 0 Å². The van der Waals surface area contributed by atoms with Gasteiger partial charge in [-0.05, 0) is 36.8 Å². The molecule has 0 aliphatic rings. The first-order valence-electron chi connectivity index (χ1n) is 15.6. The molecule has 0 aliphatic carbocycles. The van der Waals surface area contributed by atoms with Crippen LogP contribution in [0.4, 0.5) is 0 Å². The summed E-state index contributed by atoms with van der Waals surface area (Å²) in [4.78, 5) is 13.5. The summed E-state index contributed by atoms with van der Waals surface area (Å²) in [5.74, 6) is 2.29. The molecule has 3 aromatic rings. The van der Waals surface area contributed by atoms with E-state index < -0.39 is 0 Å². The summed E-state index contributed by atoms with van der Waals surface area (Å²) in [5, 5.41) is 0.622. The van der Waals surface area contributed by atoms with Crippen molar-refractivity contribution in [2.75, 3.05) is 28.4 Å². The van der Waals surface area contributed by atoms with Gasteiger partial charge in [0.1, 0.15) is 5.75 Å². The van der Waals surface area contributed by atoms with E-state index in [2.05, 4.69) is 11.5 Å². The number of hydrogen-bond acceptors (Lipinski definition) is 5. The zero-order valence-corrected chi connectivity index (χ0v) is 26.1. The van der Waals surface area contributed by atoms with Crippen molar-refractivity contribution in [1.29, 1.82) is 0 Å². The van der Waals surface area contributed by atoms with Crippen molar-refractivity contribution in [2.24, 2.45) is 0 Å². The minimum absolute atomic E-state index is 0.132. The fraction of sp³-hybridized carbons (Fsp3) is 0.571. The lowest BCUT2D eigenvalue weighted by atomic mass is 10.0. The molecule has 2 aromatic carbocycles. The number of rotatable bonds is 20. The number of aryl methyl sites for hydroxylation is 1. The molecule has 0 saturated heterocycles. The topological polar surface area (TPSA) is 58.9 Å². The summed E-state index contributed by atoms with van der Waals surface area (Å²) >= 11 is 0. The lowest BCUT2D eigenvalue weighted by Crippen LogP contribution is -2.16. The monoisotopic (exact) mass is 565 g/mol. The molecular formula is C35H51NO5. The van der Waals surface area contributed by atoms with Crippen LogP contribution in [0.1, 0.15) is 96.8 Å². The second-order valence-corrected chi connectivity index (χ2v) is 10.9. The predicted molar refractivity (Wildman–Crippen MR) is 170 cm³/mol. The third kappa shape index (κ3) is 8.92. The Hall–Kier alpha value is -3.15. The van der Waals surface area contributed by atoms with Crippen LogP contribution in [0.25, 0.3) is 22.2 Å². The largest absolute Gasteiger partial charge is 0.497 e. The van der Waals surface area contributed by atoms with Crippen molar-refractivity contribution >= 4 is 10.9 Å². The molecular weight excluding hydrogens is 514 g/mol. The number of aromatic nitrogens is 1. The van der Waals surface area contributed by atoms with Gasteiger partial charge in [0, 0.05) is 23.6 Å². The fourth-order valence-corrected chi connectivity index (χ4v) is 5.68. The Morgan fingerprint density at radius 1 is 0.610 bits per heavy atom. The van der Waals surface area contributed by atoms with Gasteiger partial charge in [-0.3, -0.25) is 4.79 Å². The highest BCUT2D eigenvalue weighted by Gasteiger charge is 2.21. The highest BCUT2D eigenvalue weighted by molar-refractivity contribution is 5.87. The van der Waals surface area contributed by atoms with Crippen LogP contribution in [0.15, 0.2) is 41.2 Å². The summed E-state index contributed by atoms with van der Waals surface area (Å²) in [6, 6.07) is 11.3. The molecule has 0 radical (unpaired) electrons. The van der Waals surface area contributed by atoms with Crippen LogP contribution in [0.2, 0.25) is 0 Å². The first-order chi connectivity index (χ1) is 20.1. The van der Waals surface area contributed by atoms with Crippen molar-refractivity contribution < 1.29 is 18.9 Å². The third-order valence-corrected chi connectivity index (χ3v) is 8.03. The Bertz CT molecular complexity index is 1270. The molecule has 0 saturated carbocycles. The predicted octanol–water partition coefficient (Wildman–Crippen LogP) is 9.18. The van der Waals surface area contributed by atoms with E-state index in [1.54, 1.807) is 28.4 Å². The number of benzene rings is 2. The van der Waals surface area contributed by atoms with Gasteiger partial charge in [-0.25, -0.2) is 0 Å². The zero-order valence-electron chi connectivity index (χ0n) is 26.1. The second-order valence-electron chi connectivity index (χ2n) is 10.9. The van der Waals surface area contributed by atoms with Crippen LogP contribution in [-0.2, 0) is 6.54 Å². The van der Waals surface area contributed by atoms with E-state index in [0.29, 0.717) is 22.6 Å². The van der Waals surface area contributed by atoms with Crippen LogP contribution in [-0.4, -0.2) is 33.0 Å². The number of nitrogens with zero attached hydrogens (tertiary/aromatic N) is 1. The normalized spacial score (nSPS) is 11.1. The molecule has 6 heteroatoms. The smallest absolute Gasteiger partial charge is 0.231 e. The number of fused-ring (bicyclic) bond motifs is 1. The summed E-state index contributed by atoms with van der Waals surface area (Å²) in [7, 11) is 6.45. The van der Waals surface area contributed by atoms with Gasteiger partial charge in [0.25, 0.3) is 0 Å². The molecule has 0 atom stereocenters.